The first-order valence-corrected chi connectivity index (χ1v) is 6.78. The molecule has 82 valence electrons. The molecule has 2 rings (SSSR count). The highest BCUT2D eigenvalue weighted by atomic mass is 79.9. The highest BCUT2D eigenvalue weighted by molar-refractivity contribution is 9.09. The van der Waals surface area contributed by atoms with E-state index in [0.717, 1.165) is 12.5 Å². The third kappa shape index (κ3) is 2.01. The number of hydrogen-bond acceptors (Lipinski definition) is 1. The molecule has 0 bridgehead atoms. The standard InChI is InChI=1S/C12H21BrO/c1-12(2)10(13)8-11(12)14-7-6-9-4-3-5-9/h9-11H,3-8H2,1-2H3. The summed E-state index contributed by atoms with van der Waals surface area (Å²) in [5.41, 5.74) is 0.347. The molecule has 0 amide bonds. The molecule has 0 heterocycles. The molecule has 0 aromatic carbocycles. The van der Waals surface area contributed by atoms with Gasteiger partial charge in [0.05, 0.1) is 6.10 Å². The molecule has 0 N–H and O–H groups in total. The third-order valence-electron chi connectivity index (χ3n) is 4.13. The highest BCUT2D eigenvalue weighted by Gasteiger charge is 2.47. The zero-order chi connectivity index (χ0) is 10.2. The van der Waals surface area contributed by atoms with Gasteiger partial charge < -0.3 is 4.74 Å². The van der Waals surface area contributed by atoms with Crippen LogP contribution in [0.2, 0.25) is 0 Å². The summed E-state index contributed by atoms with van der Waals surface area (Å²) >= 11 is 3.69. The smallest absolute Gasteiger partial charge is 0.0647 e. The molecule has 2 atom stereocenters. The van der Waals surface area contributed by atoms with Gasteiger partial charge in [0.1, 0.15) is 0 Å². The molecule has 2 aliphatic carbocycles. The van der Waals surface area contributed by atoms with Crippen LogP contribution in [0.5, 0.6) is 0 Å². The van der Waals surface area contributed by atoms with Crippen molar-refractivity contribution in [1.82, 2.24) is 0 Å². The van der Waals surface area contributed by atoms with Gasteiger partial charge >= 0.3 is 0 Å². The maximum absolute atomic E-state index is 5.94. The van der Waals surface area contributed by atoms with Crippen molar-refractivity contribution in [3.8, 4) is 0 Å². The Kier molecular flexibility index (Phi) is 3.23. The first-order chi connectivity index (χ1) is 6.60. The van der Waals surface area contributed by atoms with Gasteiger partial charge in [0, 0.05) is 16.8 Å². The van der Waals surface area contributed by atoms with Crippen LogP contribution in [-0.2, 0) is 4.74 Å². The molecule has 0 radical (unpaired) electrons. The van der Waals surface area contributed by atoms with E-state index >= 15 is 0 Å². The maximum atomic E-state index is 5.94. The van der Waals surface area contributed by atoms with Crippen molar-refractivity contribution < 1.29 is 4.74 Å². The molecule has 0 aromatic heterocycles. The molecule has 0 spiro atoms. The van der Waals surface area contributed by atoms with Gasteiger partial charge in [-0.25, -0.2) is 0 Å². The Hall–Kier alpha value is 0.440. The van der Waals surface area contributed by atoms with Crippen LogP contribution in [0.4, 0.5) is 0 Å². The van der Waals surface area contributed by atoms with Crippen LogP contribution in [0.1, 0.15) is 46.0 Å². The minimum absolute atomic E-state index is 0.347. The normalized spacial score (nSPS) is 36.2. The summed E-state index contributed by atoms with van der Waals surface area (Å²) in [5.74, 6) is 0.984. The van der Waals surface area contributed by atoms with Gasteiger partial charge in [0.25, 0.3) is 0 Å². The van der Waals surface area contributed by atoms with E-state index in [1.54, 1.807) is 0 Å². The average Bonchev–Trinajstić information content (AvgIpc) is 2.07. The van der Waals surface area contributed by atoms with Gasteiger partial charge in [-0.3, -0.25) is 0 Å². The van der Waals surface area contributed by atoms with Gasteiger partial charge in [-0.2, -0.15) is 0 Å². The number of ether oxygens (including phenoxy) is 1. The van der Waals surface area contributed by atoms with Crippen molar-refractivity contribution in [1.29, 1.82) is 0 Å². The Morgan fingerprint density at radius 3 is 2.50 bits per heavy atom. The zero-order valence-electron chi connectivity index (χ0n) is 9.26. The topological polar surface area (TPSA) is 9.23 Å². The van der Waals surface area contributed by atoms with Gasteiger partial charge in [0.2, 0.25) is 0 Å². The Balaban J connectivity index is 1.62. The summed E-state index contributed by atoms with van der Waals surface area (Å²) in [6, 6.07) is 0. The number of hydrogen-bond donors (Lipinski definition) is 0. The first-order valence-electron chi connectivity index (χ1n) is 5.86. The van der Waals surface area contributed by atoms with Crippen molar-refractivity contribution in [3.05, 3.63) is 0 Å². The molecule has 1 nitrogen and oxygen atoms in total. The van der Waals surface area contributed by atoms with E-state index in [9.17, 15) is 0 Å². The van der Waals surface area contributed by atoms with Gasteiger partial charge in [0.15, 0.2) is 0 Å². The minimum atomic E-state index is 0.347. The van der Waals surface area contributed by atoms with Crippen molar-refractivity contribution in [2.24, 2.45) is 11.3 Å². The van der Waals surface area contributed by atoms with Crippen LogP contribution in [0.25, 0.3) is 0 Å². The quantitative estimate of drug-likeness (QED) is 0.700. The van der Waals surface area contributed by atoms with Crippen molar-refractivity contribution in [2.75, 3.05) is 6.61 Å². The molecule has 2 unspecified atom stereocenters. The lowest BCUT2D eigenvalue weighted by Gasteiger charge is -2.49. The lowest BCUT2D eigenvalue weighted by molar-refractivity contribution is -0.0895. The molecule has 2 heteroatoms. The van der Waals surface area contributed by atoms with E-state index in [2.05, 4.69) is 29.8 Å². The molecule has 0 aromatic rings. The molecule has 0 saturated heterocycles. The lowest BCUT2D eigenvalue weighted by Crippen LogP contribution is -2.51. The molecule has 2 saturated carbocycles. The second-order valence-corrected chi connectivity index (χ2v) is 6.57. The van der Waals surface area contributed by atoms with Gasteiger partial charge in [-0.1, -0.05) is 49.0 Å². The Bertz CT molecular complexity index is 198. The Labute approximate surface area is 95.7 Å². The second kappa shape index (κ2) is 4.13. The van der Waals surface area contributed by atoms with Gasteiger partial charge in [-0.15, -0.1) is 0 Å². The monoisotopic (exact) mass is 260 g/mol. The molecule has 2 fully saturated rings. The number of alkyl halides is 1. The van der Waals surface area contributed by atoms with Crippen molar-refractivity contribution in [2.45, 2.75) is 56.9 Å². The summed E-state index contributed by atoms with van der Waals surface area (Å²) < 4.78 is 5.94. The fourth-order valence-electron chi connectivity index (χ4n) is 2.28. The number of rotatable bonds is 4. The summed E-state index contributed by atoms with van der Waals surface area (Å²) in [7, 11) is 0. The molecule has 14 heavy (non-hydrogen) atoms. The molecular weight excluding hydrogens is 240 g/mol. The lowest BCUT2D eigenvalue weighted by atomic mass is 9.69. The fraction of sp³-hybridized carbons (Fsp3) is 1.00. The van der Waals surface area contributed by atoms with Crippen LogP contribution in [0.3, 0.4) is 0 Å². The van der Waals surface area contributed by atoms with E-state index in [4.69, 9.17) is 4.74 Å². The Morgan fingerprint density at radius 2 is 2.07 bits per heavy atom. The largest absolute Gasteiger partial charge is 0.378 e. The van der Waals surface area contributed by atoms with E-state index in [1.807, 2.05) is 0 Å². The second-order valence-electron chi connectivity index (χ2n) is 5.47. The molecule has 2 aliphatic rings. The summed E-state index contributed by atoms with van der Waals surface area (Å²) in [6.45, 7) is 5.58. The zero-order valence-corrected chi connectivity index (χ0v) is 10.8. The van der Waals surface area contributed by atoms with Crippen LogP contribution in [0.15, 0.2) is 0 Å². The minimum Gasteiger partial charge on any atom is -0.378 e. The van der Waals surface area contributed by atoms with Crippen LogP contribution < -0.4 is 0 Å². The molecule has 0 aliphatic heterocycles. The number of halogens is 1. The SMILES string of the molecule is CC1(C)C(Br)CC1OCCC1CCC1. The van der Waals surface area contributed by atoms with E-state index < -0.39 is 0 Å². The van der Waals surface area contributed by atoms with Gasteiger partial charge in [-0.05, 0) is 18.8 Å². The predicted molar refractivity (Wildman–Crippen MR) is 62.8 cm³/mol. The predicted octanol–water partition coefficient (Wildman–Crippen LogP) is 3.76. The average molecular weight is 261 g/mol. The van der Waals surface area contributed by atoms with Crippen LogP contribution in [0, 0.1) is 11.3 Å². The van der Waals surface area contributed by atoms with E-state index in [1.165, 1.54) is 32.1 Å². The van der Waals surface area contributed by atoms with Crippen molar-refractivity contribution in [3.63, 3.8) is 0 Å². The first kappa shape index (κ1) is 10.9. The summed E-state index contributed by atoms with van der Waals surface area (Å²) in [5, 5.41) is 0. The maximum Gasteiger partial charge on any atom is 0.0647 e. The highest BCUT2D eigenvalue weighted by Crippen LogP contribution is 2.47. The summed E-state index contributed by atoms with van der Waals surface area (Å²) in [4.78, 5) is 0.656. The van der Waals surface area contributed by atoms with E-state index in [0.29, 0.717) is 16.3 Å². The fourth-order valence-corrected chi connectivity index (χ4v) is 2.91. The molecular formula is C12H21BrO. The summed E-state index contributed by atoms with van der Waals surface area (Å²) in [6.07, 6.45) is 7.31. The Morgan fingerprint density at radius 1 is 1.36 bits per heavy atom. The van der Waals surface area contributed by atoms with Crippen LogP contribution in [-0.4, -0.2) is 17.5 Å². The van der Waals surface area contributed by atoms with Crippen LogP contribution >= 0.6 is 15.9 Å². The van der Waals surface area contributed by atoms with Crippen molar-refractivity contribution >= 4 is 15.9 Å². The van der Waals surface area contributed by atoms with E-state index in [-0.39, 0.29) is 0 Å². The third-order valence-corrected chi connectivity index (χ3v) is 5.68.